The summed E-state index contributed by atoms with van der Waals surface area (Å²) in [4.78, 5) is 15.2. The van der Waals surface area contributed by atoms with E-state index in [1.54, 1.807) is 4.57 Å². The molecule has 0 bridgehead atoms. The van der Waals surface area contributed by atoms with Gasteiger partial charge < -0.3 is 21.1 Å². The molecule has 0 saturated carbocycles. The molecule has 1 heterocycles. The van der Waals surface area contributed by atoms with Crippen molar-refractivity contribution >= 4 is 22.6 Å². The Morgan fingerprint density at radius 3 is 2.53 bits per heavy atom. The van der Waals surface area contributed by atoms with Crippen LogP contribution in [0.25, 0.3) is 10.8 Å². The Balaban J connectivity index is 2.53. The predicted octanol–water partition coefficient (Wildman–Crippen LogP) is 0.709. The minimum Gasteiger partial charge on any atom is -0.494 e. The number of carbonyl (C=O) groups excluding carboxylic acids is 1. The Hall–Kier alpha value is -2.50. The third-order valence-corrected chi connectivity index (χ3v) is 2.95. The summed E-state index contributed by atoms with van der Waals surface area (Å²) in [7, 11) is 0. The molecule has 0 atom stereocenters. The molecular formula is C13H16N4O2. The zero-order valence-corrected chi connectivity index (χ0v) is 10.6. The van der Waals surface area contributed by atoms with Crippen LogP contribution in [-0.4, -0.2) is 21.5 Å². The lowest BCUT2D eigenvalue weighted by atomic mass is 10.1. The summed E-state index contributed by atoms with van der Waals surface area (Å²) in [5.74, 6) is -0.531. The van der Waals surface area contributed by atoms with Gasteiger partial charge in [0.05, 0.1) is 6.42 Å². The van der Waals surface area contributed by atoms with E-state index in [2.05, 4.69) is 4.99 Å². The van der Waals surface area contributed by atoms with Crippen molar-refractivity contribution in [3.63, 3.8) is 0 Å². The topological polar surface area (TPSA) is 107 Å². The Bertz CT molecular complexity index is 654. The molecule has 0 saturated heterocycles. The molecule has 6 nitrogen and oxygen atoms in total. The van der Waals surface area contributed by atoms with E-state index >= 15 is 0 Å². The summed E-state index contributed by atoms with van der Waals surface area (Å²) in [6, 6.07) is 7.37. The van der Waals surface area contributed by atoms with E-state index in [4.69, 9.17) is 11.5 Å². The largest absolute Gasteiger partial charge is 0.494 e. The van der Waals surface area contributed by atoms with E-state index in [9.17, 15) is 9.90 Å². The number of aromatic nitrogens is 1. The molecule has 19 heavy (non-hydrogen) atoms. The molecule has 0 fully saturated rings. The second-order valence-corrected chi connectivity index (χ2v) is 4.17. The Morgan fingerprint density at radius 2 is 1.95 bits per heavy atom. The number of hydrogen-bond donors (Lipinski definition) is 3. The zero-order valence-electron chi connectivity index (χ0n) is 10.6. The molecule has 1 aromatic carbocycles. The van der Waals surface area contributed by atoms with E-state index in [1.807, 2.05) is 31.2 Å². The highest BCUT2D eigenvalue weighted by Crippen LogP contribution is 2.31. The smallest absolute Gasteiger partial charge is 0.254 e. The molecule has 6 heteroatoms. The standard InChI is InChI=1S/C13H16N4O2/c1-2-17-10(7-11(18)16-13(14)15)8-5-3-4-6-9(8)12(17)19/h3-6,19H,2,7H2,1H3,(H4,14,15,16,18). The van der Waals surface area contributed by atoms with Gasteiger partial charge in [0, 0.05) is 23.0 Å². The fourth-order valence-electron chi connectivity index (χ4n) is 2.21. The van der Waals surface area contributed by atoms with E-state index in [0.29, 0.717) is 12.2 Å². The molecule has 0 radical (unpaired) electrons. The van der Waals surface area contributed by atoms with Crippen molar-refractivity contribution in [3.8, 4) is 5.88 Å². The first-order valence-corrected chi connectivity index (χ1v) is 5.96. The van der Waals surface area contributed by atoms with E-state index in [1.165, 1.54) is 0 Å². The Labute approximate surface area is 110 Å². The van der Waals surface area contributed by atoms with Gasteiger partial charge in [0.15, 0.2) is 11.8 Å². The first kappa shape index (κ1) is 12.9. The van der Waals surface area contributed by atoms with Gasteiger partial charge >= 0.3 is 0 Å². The highest BCUT2D eigenvalue weighted by Gasteiger charge is 2.17. The highest BCUT2D eigenvalue weighted by molar-refractivity contribution is 5.97. The second-order valence-electron chi connectivity index (χ2n) is 4.17. The number of carbonyl (C=O) groups is 1. The summed E-state index contributed by atoms with van der Waals surface area (Å²) < 4.78 is 1.69. The first-order valence-electron chi connectivity index (χ1n) is 5.96. The number of benzene rings is 1. The zero-order chi connectivity index (χ0) is 14.0. The lowest BCUT2D eigenvalue weighted by Gasteiger charge is -2.06. The van der Waals surface area contributed by atoms with Crippen LogP contribution in [0.5, 0.6) is 5.88 Å². The van der Waals surface area contributed by atoms with Gasteiger partial charge in [0.2, 0.25) is 0 Å². The number of amides is 1. The van der Waals surface area contributed by atoms with Gasteiger partial charge in [-0.3, -0.25) is 4.79 Å². The molecule has 5 N–H and O–H groups in total. The monoisotopic (exact) mass is 260 g/mol. The minimum absolute atomic E-state index is 0.0484. The third-order valence-electron chi connectivity index (χ3n) is 2.95. The van der Waals surface area contributed by atoms with Crippen molar-refractivity contribution in [2.75, 3.05) is 0 Å². The number of aromatic hydroxyl groups is 1. The van der Waals surface area contributed by atoms with Crippen LogP contribution >= 0.6 is 0 Å². The van der Waals surface area contributed by atoms with Crippen molar-refractivity contribution in [1.82, 2.24) is 4.57 Å². The molecular weight excluding hydrogens is 244 g/mol. The molecule has 0 aliphatic rings. The van der Waals surface area contributed by atoms with Gasteiger partial charge in [-0.2, -0.15) is 4.99 Å². The first-order chi connectivity index (χ1) is 9.04. The molecule has 0 unspecified atom stereocenters. The van der Waals surface area contributed by atoms with Gasteiger partial charge in [-0.15, -0.1) is 0 Å². The van der Waals surface area contributed by atoms with Crippen LogP contribution in [0.4, 0.5) is 0 Å². The van der Waals surface area contributed by atoms with Crippen LogP contribution in [0.2, 0.25) is 0 Å². The maximum Gasteiger partial charge on any atom is 0.254 e. The Morgan fingerprint density at radius 1 is 1.32 bits per heavy atom. The summed E-state index contributed by atoms with van der Waals surface area (Å²) in [5, 5.41) is 11.7. The molecule has 2 rings (SSSR count). The van der Waals surface area contributed by atoms with Crippen molar-refractivity contribution < 1.29 is 9.90 Å². The number of fused-ring (bicyclic) bond motifs is 1. The quantitative estimate of drug-likeness (QED) is 0.558. The summed E-state index contributed by atoms with van der Waals surface area (Å²) in [6.45, 7) is 2.46. The van der Waals surface area contributed by atoms with Crippen LogP contribution < -0.4 is 11.5 Å². The molecule has 0 aliphatic carbocycles. The number of rotatable bonds is 3. The van der Waals surface area contributed by atoms with E-state index in [-0.39, 0.29) is 18.3 Å². The fraction of sp³-hybridized carbons (Fsp3) is 0.231. The maximum absolute atomic E-state index is 11.7. The number of guanidine groups is 1. The fourth-order valence-corrected chi connectivity index (χ4v) is 2.21. The van der Waals surface area contributed by atoms with Crippen molar-refractivity contribution in [2.24, 2.45) is 16.5 Å². The van der Waals surface area contributed by atoms with Crippen LogP contribution in [0.15, 0.2) is 29.3 Å². The van der Waals surface area contributed by atoms with E-state index < -0.39 is 5.91 Å². The second kappa shape index (κ2) is 5.01. The van der Waals surface area contributed by atoms with Gasteiger partial charge in [-0.05, 0) is 13.0 Å². The lowest BCUT2D eigenvalue weighted by molar-refractivity contribution is -0.117. The van der Waals surface area contributed by atoms with Crippen LogP contribution in [0.1, 0.15) is 12.6 Å². The van der Waals surface area contributed by atoms with Crippen molar-refractivity contribution in [1.29, 1.82) is 0 Å². The van der Waals surface area contributed by atoms with Gasteiger partial charge in [0.25, 0.3) is 5.91 Å². The third kappa shape index (κ3) is 2.37. The normalized spacial score (nSPS) is 10.6. The molecule has 2 aromatic rings. The van der Waals surface area contributed by atoms with E-state index in [0.717, 1.165) is 10.8 Å². The van der Waals surface area contributed by atoms with Crippen LogP contribution in [-0.2, 0) is 17.8 Å². The molecule has 0 spiro atoms. The molecule has 1 aromatic heterocycles. The Kier molecular flexibility index (Phi) is 3.41. The van der Waals surface area contributed by atoms with Crippen molar-refractivity contribution in [2.45, 2.75) is 19.9 Å². The molecule has 1 amide bonds. The van der Waals surface area contributed by atoms with Crippen molar-refractivity contribution in [3.05, 3.63) is 30.0 Å². The number of nitrogens with two attached hydrogens (primary N) is 2. The van der Waals surface area contributed by atoms with Crippen LogP contribution in [0, 0.1) is 0 Å². The van der Waals surface area contributed by atoms with Gasteiger partial charge in [-0.25, -0.2) is 0 Å². The summed E-state index contributed by atoms with van der Waals surface area (Å²) >= 11 is 0. The summed E-state index contributed by atoms with van der Waals surface area (Å²) in [6.07, 6.45) is 0.0484. The highest BCUT2D eigenvalue weighted by atomic mass is 16.3. The van der Waals surface area contributed by atoms with Gasteiger partial charge in [0.1, 0.15) is 0 Å². The average Bonchev–Trinajstić information content (AvgIpc) is 2.62. The lowest BCUT2D eigenvalue weighted by Crippen LogP contribution is -2.24. The van der Waals surface area contributed by atoms with Crippen LogP contribution in [0.3, 0.4) is 0 Å². The number of hydrogen-bond acceptors (Lipinski definition) is 2. The number of aliphatic imine (C=N–C) groups is 1. The van der Waals surface area contributed by atoms with Gasteiger partial charge in [-0.1, -0.05) is 18.2 Å². The predicted molar refractivity (Wildman–Crippen MR) is 73.8 cm³/mol. The SMILES string of the molecule is CCn1c(O)c2ccccc2c1CC(=O)N=C(N)N. The maximum atomic E-state index is 11.7. The minimum atomic E-state index is -0.432. The average molecular weight is 260 g/mol. The summed E-state index contributed by atoms with van der Waals surface area (Å²) in [5.41, 5.74) is 11.1. The molecule has 100 valence electrons. The number of nitrogens with zero attached hydrogens (tertiary/aromatic N) is 2. The molecule has 0 aliphatic heterocycles.